The lowest BCUT2D eigenvalue weighted by Crippen LogP contribution is -2.25. The third-order valence-electron chi connectivity index (χ3n) is 2.20. The maximum atomic E-state index is 11.1. The molecule has 0 fully saturated rings. The lowest BCUT2D eigenvalue weighted by molar-refractivity contribution is -0.124. The number of hydrogen-bond acceptors (Lipinski definition) is 3. The van der Waals surface area contributed by atoms with Crippen molar-refractivity contribution < 1.29 is 23.7 Å². The molecule has 0 unspecified atom stereocenters. The third kappa shape index (κ3) is 10.2. The summed E-state index contributed by atoms with van der Waals surface area (Å²) < 4.78 is 14.6. The smallest absolute Gasteiger partial charge is 0.342 e. The summed E-state index contributed by atoms with van der Waals surface area (Å²) in [5.74, 6) is -0.102. The lowest BCUT2D eigenvalue weighted by atomic mass is 10.2. The Kier molecular flexibility index (Phi) is 8.08. The Balaban J connectivity index is 3.38. The van der Waals surface area contributed by atoms with Gasteiger partial charge in [-0.3, -0.25) is 9.32 Å². The van der Waals surface area contributed by atoms with Crippen LogP contribution in [0.15, 0.2) is 12.7 Å². The number of carbonyl (C=O) groups excluding carboxylic acids is 1. The van der Waals surface area contributed by atoms with E-state index in [0.717, 1.165) is 19.3 Å². The predicted molar refractivity (Wildman–Crippen MR) is 64.3 cm³/mol. The van der Waals surface area contributed by atoms with E-state index in [1.165, 1.54) is 6.08 Å². The molecular formula is C10H20NO5P. The number of hydrogen-bond donors (Lipinski definition) is 2. The molecule has 0 aromatic heterocycles. The van der Waals surface area contributed by atoms with Crippen molar-refractivity contribution in [2.45, 2.75) is 25.7 Å². The minimum absolute atomic E-state index is 0.0612. The van der Waals surface area contributed by atoms with Crippen LogP contribution >= 0.6 is 7.82 Å². The Labute approximate surface area is 102 Å². The van der Waals surface area contributed by atoms with Crippen LogP contribution in [0.4, 0.5) is 0 Å². The van der Waals surface area contributed by atoms with E-state index in [1.807, 2.05) is 0 Å². The summed E-state index contributed by atoms with van der Waals surface area (Å²) in [5.41, 5.74) is 0. The Morgan fingerprint density at radius 3 is 2.47 bits per heavy atom. The monoisotopic (exact) mass is 265 g/mol. The van der Waals surface area contributed by atoms with Gasteiger partial charge in [0.1, 0.15) is 0 Å². The standard InChI is InChI=1S/C10H20NO5P/c1-3-10(12)11(2)8-6-4-5-7-9-16-17(13,14)15/h3H,1,4-9H2,2H3,(H2,13,14,15). The first kappa shape index (κ1) is 16.3. The number of rotatable bonds is 9. The molecule has 100 valence electrons. The molecule has 6 nitrogen and oxygen atoms in total. The molecular weight excluding hydrogens is 245 g/mol. The number of phosphoric ester groups is 1. The van der Waals surface area contributed by atoms with Gasteiger partial charge in [-0.25, -0.2) is 4.57 Å². The van der Waals surface area contributed by atoms with Crippen molar-refractivity contribution in [1.29, 1.82) is 0 Å². The first-order chi connectivity index (χ1) is 7.87. The quantitative estimate of drug-likeness (QED) is 0.373. The highest BCUT2D eigenvalue weighted by Crippen LogP contribution is 2.35. The summed E-state index contributed by atoms with van der Waals surface area (Å²) in [5, 5.41) is 0. The third-order valence-corrected chi connectivity index (χ3v) is 2.72. The summed E-state index contributed by atoms with van der Waals surface area (Å²) in [4.78, 5) is 29.5. The van der Waals surface area contributed by atoms with Crippen LogP contribution < -0.4 is 0 Å². The molecule has 0 heterocycles. The summed E-state index contributed by atoms with van der Waals surface area (Å²) >= 11 is 0. The Hall–Kier alpha value is -0.680. The molecule has 0 aliphatic carbocycles. The molecule has 0 rings (SSSR count). The topological polar surface area (TPSA) is 87.1 Å². The summed E-state index contributed by atoms with van der Waals surface area (Å²) in [7, 11) is -2.61. The average molecular weight is 265 g/mol. The predicted octanol–water partition coefficient (Wildman–Crippen LogP) is 1.30. The number of likely N-dealkylation sites (N-methyl/N-ethyl adjacent to an activating group) is 1. The number of phosphoric acid groups is 1. The molecule has 0 saturated carbocycles. The van der Waals surface area contributed by atoms with Crippen LogP contribution in [-0.4, -0.2) is 40.8 Å². The van der Waals surface area contributed by atoms with Gasteiger partial charge in [-0.2, -0.15) is 0 Å². The van der Waals surface area contributed by atoms with Gasteiger partial charge in [-0.15, -0.1) is 0 Å². The van der Waals surface area contributed by atoms with Crippen molar-refractivity contribution in [3.63, 3.8) is 0 Å². The number of amides is 1. The van der Waals surface area contributed by atoms with Gasteiger partial charge in [0.05, 0.1) is 6.61 Å². The number of nitrogens with zero attached hydrogens (tertiary/aromatic N) is 1. The Bertz CT molecular complexity index is 288. The van der Waals surface area contributed by atoms with E-state index in [1.54, 1.807) is 11.9 Å². The fourth-order valence-electron chi connectivity index (χ4n) is 1.25. The van der Waals surface area contributed by atoms with E-state index in [2.05, 4.69) is 11.1 Å². The largest absolute Gasteiger partial charge is 0.469 e. The first-order valence-electron chi connectivity index (χ1n) is 5.44. The van der Waals surface area contributed by atoms with Gasteiger partial charge < -0.3 is 14.7 Å². The van der Waals surface area contributed by atoms with Crippen LogP contribution in [0.5, 0.6) is 0 Å². The zero-order valence-electron chi connectivity index (χ0n) is 10.0. The molecule has 7 heteroatoms. The summed E-state index contributed by atoms with van der Waals surface area (Å²) in [6.45, 7) is 4.11. The van der Waals surface area contributed by atoms with Gasteiger partial charge in [0, 0.05) is 13.6 Å². The van der Waals surface area contributed by atoms with Crippen molar-refractivity contribution in [3.05, 3.63) is 12.7 Å². The van der Waals surface area contributed by atoms with Crippen molar-refractivity contribution >= 4 is 13.7 Å². The maximum absolute atomic E-state index is 11.1. The zero-order chi connectivity index (χ0) is 13.3. The van der Waals surface area contributed by atoms with E-state index in [0.29, 0.717) is 13.0 Å². The SMILES string of the molecule is C=CC(=O)N(C)CCCCCCOP(=O)(O)O. The fourth-order valence-corrected chi connectivity index (χ4v) is 1.62. The van der Waals surface area contributed by atoms with Crippen molar-refractivity contribution in [1.82, 2.24) is 4.90 Å². The second-order valence-corrected chi connectivity index (χ2v) is 4.94. The van der Waals surface area contributed by atoms with E-state index < -0.39 is 7.82 Å². The molecule has 2 N–H and O–H groups in total. The molecule has 0 saturated heterocycles. The van der Waals surface area contributed by atoms with Crippen molar-refractivity contribution in [3.8, 4) is 0 Å². The van der Waals surface area contributed by atoms with Crippen LogP contribution in [0.2, 0.25) is 0 Å². The van der Waals surface area contributed by atoms with Gasteiger partial charge in [0.15, 0.2) is 0 Å². The van der Waals surface area contributed by atoms with Gasteiger partial charge in [0.2, 0.25) is 5.91 Å². The molecule has 1 amide bonds. The van der Waals surface area contributed by atoms with Crippen molar-refractivity contribution in [2.75, 3.05) is 20.2 Å². The summed E-state index contributed by atoms with van der Waals surface area (Å²) in [6, 6.07) is 0. The van der Waals surface area contributed by atoms with Crippen molar-refractivity contribution in [2.24, 2.45) is 0 Å². The number of carbonyl (C=O) groups is 1. The highest BCUT2D eigenvalue weighted by atomic mass is 31.2. The van der Waals surface area contributed by atoms with Gasteiger partial charge in [-0.1, -0.05) is 19.4 Å². The highest BCUT2D eigenvalue weighted by Gasteiger charge is 2.12. The number of unbranched alkanes of at least 4 members (excludes halogenated alkanes) is 3. The van der Waals surface area contributed by atoms with Gasteiger partial charge in [-0.05, 0) is 18.9 Å². The second kappa shape index (κ2) is 8.42. The lowest BCUT2D eigenvalue weighted by Gasteiger charge is -2.14. The molecule has 0 aromatic rings. The van der Waals surface area contributed by atoms with Gasteiger partial charge >= 0.3 is 7.82 Å². The molecule has 0 spiro atoms. The molecule has 0 aromatic carbocycles. The van der Waals surface area contributed by atoms with Crippen LogP contribution in [0.3, 0.4) is 0 Å². The van der Waals surface area contributed by atoms with E-state index in [9.17, 15) is 9.36 Å². The highest BCUT2D eigenvalue weighted by molar-refractivity contribution is 7.46. The molecule has 0 bridgehead atoms. The van der Waals surface area contributed by atoms with Crippen LogP contribution in [0, 0.1) is 0 Å². The molecule has 0 radical (unpaired) electrons. The van der Waals surface area contributed by atoms with Crippen LogP contribution in [0.1, 0.15) is 25.7 Å². The first-order valence-corrected chi connectivity index (χ1v) is 6.97. The minimum atomic E-state index is -4.32. The molecule has 0 aliphatic rings. The second-order valence-electron chi connectivity index (χ2n) is 3.70. The van der Waals surface area contributed by atoms with E-state index >= 15 is 0 Å². The van der Waals surface area contributed by atoms with Crippen LogP contribution in [-0.2, 0) is 13.9 Å². The maximum Gasteiger partial charge on any atom is 0.469 e. The molecule has 17 heavy (non-hydrogen) atoms. The van der Waals surface area contributed by atoms with Gasteiger partial charge in [0.25, 0.3) is 0 Å². The molecule has 0 aliphatic heterocycles. The zero-order valence-corrected chi connectivity index (χ0v) is 10.9. The summed E-state index contributed by atoms with van der Waals surface area (Å²) in [6.07, 6.45) is 4.43. The Morgan fingerprint density at radius 2 is 1.94 bits per heavy atom. The van der Waals surface area contributed by atoms with Crippen LogP contribution in [0.25, 0.3) is 0 Å². The van der Waals surface area contributed by atoms with E-state index in [4.69, 9.17) is 9.79 Å². The minimum Gasteiger partial charge on any atom is -0.342 e. The fraction of sp³-hybridized carbons (Fsp3) is 0.700. The average Bonchev–Trinajstić information content (AvgIpc) is 2.24. The Morgan fingerprint density at radius 1 is 1.35 bits per heavy atom. The molecule has 0 atom stereocenters. The van der Waals surface area contributed by atoms with E-state index in [-0.39, 0.29) is 12.5 Å². The normalized spacial score (nSPS) is 11.2.